The summed E-state index contributed by atoms with van der Waals surface area (Å²) in [6.45, 7) is 3.69. The van der Waals surface area contributed by atoms with E-state index >= 15 is 0 Å². The van der Waals surface area contributed by atoms with Crippen LogP contribution in [0.5, 0.6) is 0 Å². The molecule has 4 atom stereocenters. The van der Waals surface area contributed by atoms with Crippen molar-refractivity contribution in [3.05, 3.63) is 18.2 Å². The molecule has 2 heterocycles. The first kappa shape index (κ1) is 29.9. The van der Waals surface area contributed by atoms with E-state index in [9.17, 15) is 13.7 Å². The van der Waals surface area contributed by atoms with Crippen molar-refractivity contribution in [2.75, 3.05) is 47.4 Å². The number of nitrogen functional groups attached to an aromatic ring is 1. The van der Waals surface area contributed by atoms with Gasteiger partial charge in [0.15, 0.2) is 11.5 Å². The van der Waals surface area contributed by atoms with E-state index in [4.69, 9.17) is 28.1 Å². The highest BCUT2D eigenvalue weighted by molar-refractivity contribution is 7.67. The number of fused-ring (bicyclic) bond motifs is 1. The van der Waals surface area contributed by atoms with Crippen molar-refractivity contribution in [2.45, 2.75) is 32.3 Å². The van der Waals surface area contributed by atoms with Gasteiger partial charge in [-0.2, -0.15) is 13.7 Å². The van der Waals surface area contributed by atoms with Gasteiger partial charge in [0, 0.05) is 41.0 Å². The molecule has 16 nitrogen and oxygen atoms in total. The Hall–Kier alpha value is -1.28. The zero-order chi connectivity index (χ0) is 26.3. The van der Waals surface area contributed by atoms with Crippen LogP contribution in [0.4, 0.5) is 5.82 Å². The summed E-state index contributed by atoms with van der Waals surface area (Å²) in [7, 11) is -9.79. The maximum atomic E-state index is 13.0. The highest BCUT2D eigenvalue weighted by atomic mass is 31.3. The third kappa shape index (κ3) is 7.85. The average Bonchev–Trinajstić information content (AvgIpc) is 3.28. The van der Waals surface area contributed by atoms with Gasteiger partial charge in [0.2, 0.25) is 0 Å². The fraction of sp³-hybridized carbons (Fsp3) is 0.688. The van der Waals surface area contributed by atoms with Crippen molar-refractivity contribution in [3.8, 4) is 0 Å². The van der Waals surface area contributed by atoms with Crippen molar-refractivity contribution >= 4 is 34.9 Å². The van der Waals surface area contributed by atoms with Crippen LogP contribution in [0.2, 0.25) is 0 Å². The van der Waals surface area contributed by atoms with Gasteiger partial charge in [-0.15, -0.1) is 0 Å². The number of nitrogens with two attached hydrogens (primary N) is 1. The second-order valence-corrected chi connectivity index (χ2v) is 12.5. The number of ether oxygens (including phenoxy) is 1. The molecule has 0 amide bonds. The van der Waals surface area contributed by atoms with E-state index in [1.165, 1.54) is 6.33 Å². The zero-order valence-corrected chi connectivity index (χ0v) is 22.8. The van der Waals surface area contributed by atoms with Crippen LogP contribution in [-0.2, 0) is 49.7 Å². The minimum atomic E-state index is -4.77. The summed E-state index contributed by atoms with van der Waals surface area (Å²) >= 11 is 0. The van der Waals surface area contributed by atoms with Crippen LogP contribution in [0, 0.1) is 0 Å². The Kier molecular flexibility index (Phi) is 10.9. The molecule has 19 heteroatoms. The number of aromatic nitrogens is 4. The summed E-state index contributed by atoms with van der Waals surface area (Å²) in [5.74, 6) is 0.0719. The third-order valence-electron chi connectivity index (χ3n) is 4.59. The molecule has 0 aromatic carbocycles. The van der Waals surface area contributed by atoms with Gasteiger partial charge in [-0.1, -0.05) is 6.92 Å². The summed E-state index contributed by atoms with van der Waals surface area (Å²) in [5.41, 5.74) is 6.98. The maximum absolute atomic E-state index is 13.0. The van der Waals surface area contributed by atoms with Crippen LogP contribution in [0.25, 0.3) is 5.65 Å². The van der Waals surface area contributed by atoms with Crippen molar-refractivity contribution in [2.24, 2.45) is 0 Å². The van der Waals surface area contributed by atoms with Gasteiger partial charge in [-0.3, -0.25) is 22.6 Å². The molecule has 0 aliphatic rings. The molecule has 2 rings (SSSR count). The van der Waals surface area contributed by atoms with Crippen LogP contribution >= 0.6 is 23.5 Å². The number of anilines is 1. The summed E-state index contributed by atoms with van der Waals surface area (Å²) < 4.78 is 78.6. The van der Waals surface area contributed by atoms with Crippen LogP contribution in [-0.4, -0.2) is 67.3 Å². The molecule has 0 saturated carbocycles. The number of phosphoric ester groups is 2. The zero-order valence-electron chi connectivity index (χ0n) is 20.1. The third-order valence-corrected chi connectivity index (χ3v) is 10.0. The summed E-state index contributed by atoms with van der Waals surface area (Å²) in [4.78, 5) is 8.15. The molecular weight excluding hydrogens is 531 g/mol. The van der Waals surface area contributed by atoms with Gasteiger partial charge >= 0.3 is 23.5 Å². The largest absolute Gasteiger partial charge is 0.492 e. The number of imidazole rings is 1. The lowest BCUT2D eigenvalue weighted by Crippen LogP contribution is -2.22. The molecule has 3 unspecified atom stereocenters. The van der Waals surface area contributed by atoms with Gasteiger partial charge in [0.05, 0.1) is 24.6 Å². The van der Waals surface area contributed by atoms with Crippen molar-refractivity contribution in [3.63, 3.8) is 0 Å². The van der Waals surface area contributed by atoms with Gasteiger partial charge in [0.1, 0.15) is 6.33 Å². The number of rotatable bonds is 16. The van der Waals surface area contributed by atoms with E-state index in [0.717, 1.165) is 34.1 Å². The lowest BCUT2D eigenvalue weighted by atomic mass is 10.0. The first-order valence-corrected chi connectivity index (χ1v) is 14.5. The van der Waals surface area contributed by atoms with E-state index < -0.39 is 29.6 Å². The Bertz CT molecular complexity index is 1110. The van der Waals surface area contributed by atoms with E-state index in [-0.39, 0.29) is 18.3 Å². The average molecular weight is 561 g/mol. The Morgan fingerprint density at radius 1 is 0.971 bits per heavy atom. The second-order valence-electron chi connectivity index (χ2n) is 6.81. The predicted octanol–water partition coefficient (Wildman–Crippen LogP) is 3.56. The monoisotopic (exact) mass is 561 g/mol. The van der Waals surface area contributed by atoms with Crippen LogP contribution in [0.1, 0.15) is 31.9 Å². The van der Waals surface area contributed by atoms with E-state index in [1.807, 2.05) is 6.92 Å². The second kappa shape index (κ2) is 12.8. The lowest BCUT2D eigenvalue weighted by molar-refractivity contribution is 0.00840. The standard InChI is InChI=1S/C16H30N5O11P3/c1-7-29-13(8-12(2)14-9-18-16-15(17)19-11-20-21(14)16)10-30-34(23,27-5)32-35(24,28-6)31-33(22,25-3)26-4/h9,11-13H,7-8,10H2,1-6H3,(H2,17,19,20)/t12-,13?,34?,35?/m0/s1. The SMILES string of the molecule is CCOC(COP(=O)(OC)OP(=O)(OC)OP(=O)(OC)OC)C[C@H](C)c1cnc2c(N)ncnn12. The first-order chi connectivity index (χ1) is 16.5. The van der Waals surface area contributed by atoms with Crippen LogP contribution in [0.15, 0.2) is 12.5 Å². The van der Waals surface area contributed by atoms with E-state index in [2.05, 4.69) is 28.6 Å². The molecule has 0 fully saturated rings. The molecule has 0 spiro atoms. The van der Waals surface area contributed by atoms with Crippen molar-refractivity contribution in [1.82, 2.24) is 19.6 Å². The molecule has 2 aromatic rings. The molecule has 0 aliphatic carbocycles. The van der Waals surface area contributed by atoms with Crippen molar-refractivity contribution < 1.29 is 49.7 Å². The van der Waals surface area contributed by atoms with E-state index in [1.54, 1.807) is 17.6 Å². The van der Waals surface area contributed by atoms with Gasteiger partial charge in [-0.25, -0.2) is 28.2 Å². The summed E-state index contributed by atoms with van der Waals surface area (Å²) in [5, 5.41) is 4.17. The Balaban J connectivity index is 2.13. The summed E-state index contributed by atoms with van der Waals surface area (Å²) in [6, 6.07) is 0. The molecule has 2 N–H and O–H groups in total. The highest BCUT2D eigenvalue weighted by Crippen LogP contribution is 2.72. The lowest BCUT2D eigenvalue weighted by Gasteiger charge is -2.25. The minimum Gasteiger partial charge on any atom is -0.381 e. The van der Waals surface area contributed by atoms with Gasteiger partial charge in [-0.05, 0) is 13.3 Å². The maximum Gasteiger partial charge on any atom is 0.492 e. The Labute approximate surface area is 202 Å². The van der Waals surface area contributed by atoms with E-state index in [0.29, 0.717) is 18.7 Å². The molecule has 0 saturated heterocycles. The fourth-order valence-corrected chi connectivity index (χ4v) is 7.35. The summed E-state index contributed by atoms with van der Waals surface area (Å²) in [6.07, 6.45) is 2.70. The number of hydrogen-bond donors (Lipinski definition) is 1. The van der Waals surface area contributed by atoms with Crippen LogP contribution < -0.4 is 5.73 Å². The highest BCUT2D eigenvalue weighted by Gasteiger charge is 2.46. The molecule has 0 radical (unpaired) electrons. The van der Waals surface area contributed by atoms with Gasteiger partial charge < -0.3 is 10.5 Å². The normalized spacial score (nSPS) is 17.7. The molecule has 2 aromatic heterocycles. The predicted molar refractivity (Wildman–Crippen MR) is 123 cm³/mol. The number of phosphoric acid groups is 3. The van der Waals surface area contributed by atoms with Crippen molar-refractivity contribution in [1.29, 1.82) is 0 Å². The molecule has 35 heavy (non-hydrogen) atoms. The Morgan fingerprint density at radius 2 is 1.57 bits per heavy atom. The molecule has 0 bridgehead atoms. The number of nitrogens with zero attached hydrogens (tertiary/aromatic N) is 4. The van der Waals surface area contributed by atoms with Crippen LogP contribution in [0.3, 0.4) is 0 Å². The number of hydrogen-bond acceptors (Lipinski definition) is 15. The molecule has 0 aliphatic heterocycles. The quantitative estimate of drug-likeness (QED) is 0.292. The minimum absolute atomic E-state index is 0.162. The first-order valence-electron chi connectivity index (χ1n) is 10.1. The molecular formula is C16H30N5O11P3. The Morgan fingerprint density at radius 3 is 2.14 bits per heavy atom. The molecule has 200 valence electrons. The fourth-order valence-electron chi connectivity index (χ4n) is 2.88. The topological polar surface area (TPSA) is 194 Å². The van der Waals surface area contributed by atoms with Gasteiger partial charge in [0.25, 0.3) is 0 Å². The smallest absolute Gasteiger partial charge is 0.381 e.